The van der Waals surface area contributed by atoms with Crippen molar-refractivity contribution in [2.75, 3.05) is 6.61 Å². The average molecular weight is 164 g/mol. The molecule has 0 unspecified atom stereocenters. The number of rotatable bonds is 2. The van der Waals surface area contributed by atoms with Gasteiger partial charge in [0, 0.05) is 12.2 Å². The minimum absolute atomic E-state index is 0.133. The summed E-state index contributed by atoms with van der Waals surface area (Å²) in [6.07, 6.45) is -0.133. The van der Waals surface area contributed by atoms with Crippen molar-refractivity contribution >= 4 is 0 Å². The van der Waals surface area contributed by atoms with Crippen LogP contribution in [-0.4, -0.2) is 6.61 Å². The molecule has 1 aliphatic heterocycles. The molecule has 0 saturated heterocycles. The van der Waals surface area contributed by atoms with Crippen molar-refractivity contribution in [3.05, 3.63) is 35.4 Å². The Morgan fingerprint density at radius 2 is 2.33 bits per heavy atom. The van der Waals surface area contributed by atoms with E-state index in [1.54, 1.807) is 0 Å². The van der Waals surface area contributed by atoms with Crippen LogP contribution in [0.3, 0.4) is 0 Å². The van der Waals surface area contributed by atoms with Crippen LogP contribution in [-0.2, 0) is 16.1 Å². The number of fused-ring (bicyclic) bond motifs is 1. The van der Waals surface area contributed by atoms with Gasteiger partial charge in [-0.05, 0) is 12.5 Å². The van der Waals surface area contributed by atoms with Crippen molar-refractivity contribution in [3.63, 3.8) is 0 Å². The lowest BCUT2D eigenvalue weighted by Crippen LogP contribution is -2.01. The van der Waals surface area contributed by atoms with Gasteiger partial charge in [0.2, 0.25) is 0 Å². The highest BCUT2D eigenvalue weighted by Gasteiger charge is 2.22. The minimum Gasteiger partial charge on any atom is -0.349 e. The molecule has 0 aliphatic carbocycles. The average Bonchev–Trinajstić information content (AvgIpc) is 2.50. The Morgan fingerprint density at radius 1 is 1.50 bits per heavy atom. The summed E-state index contributed by atoms with van der Waals surface area (Å²) in [6.45, 7) is 3.35. The quantitative estimate of drug-likeness (QED) is 0.667. The van der Waals surface area contributed by atoms with Crippen LogP contribution in [0.2, 0.25) is 0 Å². The first-order chi connectivity index (χ1) is 5.92. The molecule has 0 spiro atoms. The van der Waals surface area contributed by atoms with Crippen LogP contribution in [0.4, 0.5) is 0 Å². The van der Waals surface area contributed by atoms with Crippen molar-refractivity contribution in [1.82, 2.24) is 0 Å². The first-order valence-corrected chi connectivity index (χ1v) is 4.23. The van der Waals surface area contributed by atoms with E-state index in [-0.39, 0.29) is 6.29 Å². The molecule has 2 nitrogen and oxygen atoms in total. The van der Waals surface area contributed by atoms with Gasteiger partial charge in [0.25, 0.3) is 0 Å². The third kappa shape index (κ3) is 1.24. The summed E-state index contributed by atoms with van der Waals surface area (Å²) in [5, 5.41) is 0. The van der Waals surface area contributed by atoms with Gasteiger partial charge in [-0.2, -0.15) is 0 Å². The Kier molecular flexibility index (Phi) is 2.11. The first kappa shape index (κ1) is 7.77. The molecule has 1 aromatic rings. The fourth-order valence-corrected chi connectivity index (χ4v) is 1.44. The van der Waals surface area contributed by atoms with E-state index in [1.165, 1.54) is 11.1 Å². The number of hydrogen-bond donors (Lipinski definition) is 0. The first-order valence-electron chi connectivity index (χ1n) is 4.23. The zero-order valence-corrected chi connectivity index (χ0v) is 7.12. The van der Waals surface area contributed by atoms with E-state index in [1.807, 2.05) is 19.1 Å². The molecule has 0 bridgehead atoms. The van der Waals surface area contributed by atoms with Crippen molar-refractivity contribution in [3.8, 4) is 0 Å². The lowest BCUT2D eigenvalue weighted by molar-refractivity contribution is -0.134. The molecule has 1 atom stereocenters. The predicted octanol–water partition coefficient (Wildman–Crippen LogP) is 2.25. The topological polar surface area (TPSA) is 18.5 Å². The van der Waals surface area contributed by atoms with Crippen molar-refractivity contribution in [1.29, 1.82) is 0 Å². The fraction of sp³-hybridized carbons (Fsp3) is 0.400. The van der Waals surface area contributed by atoms with E-state index in [4.69, 9.17) is 9.47 Å². The maximum absolute atomic E-state index is 5.44. The Bertz CT molecular complexity index is 268. The SMILES string of the molecule is CCO[C@@H]1OCc2ccccc21. The molecular formula is C10H12O2. The zero-order valence-electron chi connectivity index (χ0n) is 7.12. The van der Waals surface area contributed by atoms with Gasteiger partial charge < -0.3 is 9.47 Å². The molecule has 2 rings (SSSR count). The normalized spacial score (nSPS) is 20.9. The molecule has 64 valence electrons. The molecule has 0 saturated carbocycles. The molecular weight excluding hydrogens is 152 g/mol. The van der Waals surface area contributed by atoms with Gasteiger partial charge in [0.05, 0.1) is 6.61 Å². The van der Waals surface area contributed by atoms with Crippen LogP contribution < -0.4 is 0 Å². The molecule has 0 fully saturated rings. The van der Waals surface area contributed by atoms with E-state index in [0.717, 1.165) is 0 Å². The Morgan fingerprint density at radius 3 is 3.17 bits per heavy atom. The second-order valence-electron chi connectivity index (χ2n) is 2.80. The third-order valence-corrected chi connectivity index (χ3v) is 2.02. The maximum atomic E-state index is 5.44. The predicted molar refractivity (Wildman–Crippen MR) is 45.6 cm³/mol. The van der Waals surface area contributed by atoms with Crippen LogP contribution in [0.5, 0.6) is 0 Å². The highest BCUT2D eigenvalue weighted by Crippen LogP contribution is 2.30. The van der Waals surface area contributed by atoms with Crippen molar-refractivity contribution in [2.45, 2.75) is 19.8 Å². The molecule has 1 heterocycles. The molecule has 0 radical (unpaired) electrons. The summed E-state index contributed by atoms with van der Waals surface area (Å²) in [6, 6.07) is 8.17. The summed E-state index contributed by atoms with van der Waals surface area (Å²) < 4.78 is 10.8. The number of hydrogen-bond acceptors (Lipinski definition) is 2. The van der Waals surface area contributed by atoms with E-state index in [0.29, 0.717) is 13.2 Å². The van der Waals surface area contributed by atoms with E-state index in [9.17, 15) is 0 Å². The largest absolute Gasteiger partial charge is 0.349 e. The highest BCUT2D eigenvalue weighted by atomic mass is 16.7. The molecule has 2 heteroatoms. The van der Waals surface area contributed by atoms with Crippen LogP contribution in [0.15, 0.2) is 24.3 Å². The summed E-state index contributed by atoms with van der Waals surface area (Å²) in [5.74, 6) is 0. The summed E-state index contributed by atoms with van der Waals surface area (Å²) in [5.41, 5.74) is 2.43. The lowest BCUT2D eigenvalue weighted by Gasteiger charge is -2.09. The van der Waals surface area contributed by atoms with Gasteiger partial charge in [-0.1, -0.05) is 24.3 Å². The Balaban J connectivity index is 2.24. The maximum Gasteiger partial charge on any atom is 0.184 e. The van der Waals surface area contributed by atoms with Crippen molar-refractivity contribution in [2.24, 2.45) is 0 Å². The second-order valence-corrected chi connectivity index (χ2v) is 2.80. The Hall–Kier alpha value is -0.860. The fourth-order valence-electron chi connectivity index (χ4n) is 1.44. The van der Waals surface area contributed by atoms with Gasteiger partial charge in [0.1, 0.15) is 0 Å². The monoisotopic (exact) mass is 164 g/mol. The number of benzene rings is 1. The van der Waals surface area contributed by atoms with Gasteiger partial charge >= 0.3 is 0 Å². The summed E-state index contributed by atoms with van der Waals surface area (Å²) in [4.78, 5) is 0. The van der Waals surface area contributed by atoms with Gasteiger partial charge in [-0.3, -0.25) is 0 Å². The van der Waals surface area contributed by atoms with Crippen LogP contribution in [0, 0.1) is 0 Å². The van der Waals surface area contributed by atoms with E-state index in [2.05, 4.69) is 12.1 Å². The van der Waals surface area contributed by atoms with Crippen LogP contribution in [0.25, 0.3) is 0 Å². The minimum atomic E-state index is -0.133. The number of ether oxygens (including phenoxy) is 2. The van der Waals surface area contributed by atoms with E-state index < -0.39 is 0 Å². The molecule has 1 aliphatic rings. The molecule has 0 amide bonds. The molecule has 12 heavy (non-hydrogen) atoms. The summed E-state index contributed by atoms with van der Waals surface area (Å²) >= 11 is 0. The highest BCUT2D eigenvalue weighted by molar-refractivity contribution is 5.29. The van der Waals surface area contributed by atoms with Crippen LogP contribution in [0.1, 0.15) is 24.3 Å². The summed E-state index contributed by atoms with van der Waals surface area (Å²) in [7, 11) is 0. The standard InChI is InChI=1S/C10H12O2/c1-2-11-10-9-6-4-3-5-8(9)7-12-10/h3-6,10H,2,7H2,1H3/t10-/m1/s1. The Labute approximate surface area is 72.1 Å². The van der Waals surface area contributed by atoms with Gasteiger partial charge in [-0.25, -0.2) is 0 Å². The smallest absolute Gasteiger partial charge is 0.184 e. The third-order valence-electron chi connectivity index (χ3n) is 2.02. The zero-order chi connectivity index (χ0) is 8.39. The molecule has 1 aromatic carbocycles. The molecule has 0 N–H and O–H groups in total. The van der Waals surface area contributed by atoms with E-state index >= 15 is 0 Å². The van der Waals surface area contributed by atoms with Crippen LogP contribution >= 0.6 is 0 Å². The van der Waals surface area contributed by atoms with Crippen molar-refractivity contribution < 1.29 is 9.47 Å². The second kappa shape index (κ2) is 3.25. The van der Waals surface area contributed by atoms with Gasteiger partial charge in [0.15, 0.2) is 6.29 Å². The lowest BCUT2D eigenvalue weighted by atomic mass is 10.1. The van der Waals surface area contributed by atoms with Gasteiger partial charge in [-0.15, -0.1) is 0 Å². The molecule has 0 aromatic heterocycles.